The number of hydrogen-bond acceptors (Lipinski definition) is 3. The summed E-state index contributed by atoms with van der Waals surface area (Å²) in [6.45, 7) is 0. The molecule has 3 nitrogen and oxygen atoms in total. The molecule has 0 fully saturated rings. The Hall–Kier alpha value is -1.71. The minimum absolute atomic E-state index is 0.390. The summed E-state index contributed by atoms with van der Waals surface area (Å²) in [5.41, 5.74) is 1.59. The molecule has 18 heavy (non-hydrogen) atoms. The van der Waals surface area contributed by atoms with E-state index >= 15 is 0 Å². The Bertz CT molecular complexity index is 714. The van der Waals surface area contributed by atoms with E-state index in [1.807, 2.05) is 18.2 Å². The molecule has 0 aliphatic carbocycles. The first-order valence-electron chi connectivity index (χ1n) is 5.27. The number of pyridine rings is 1. The summed E-state index contributed by atoms with van der Waals surface area (Å²) in [4.78, 5) is 12.8. The fourth-order valence-corrected chi connectivity index (χ4v) is 2.09. The first-order valence-corrected chi connectivity index (χ1v) is 6.03. The van der Waals surface area contributed by atoms with Crippen LogP contribution in [0.15, 0.2) is 42.7 Å². The molecule has 0 unspecified atom stereocenters. The van der Waals surface area contributed by atoms with Crippen molar-refractivity contribution in [1.29, 1.82) is 0 Å². The van der Waals surface area contributed by atoms with Gasteiger partial charge in [0, 0.05) is 28.4 Å². The summed E-state index contributed by atoms with van der Waals surface area (Å²) in [5, 5.41) is 1.75. The molecule has 0 saturated carbocycles. The zero-order valence-electron chi connectivity index (χ0n) is 9.14. The average molecular weight is 276 g/mol. The van der Waals surface area contributed by atoms with Gasteiger partial charge in [0.1, 0.15) is 5.15 Å². The summed E-state index contributed by atoms with van der Waals surface area (Å²) in [6, 6.07) is 9.08. The Balaban J connectivity index is 2.25. The lowest BCUT2D eigenvalue weighted by molar-refractivity contribution is 1.21. The predicted molar refractivity (Wildman–Crippen MR) is 72.8 cm³/mol. The fourth-order valence-electron chi connectivity index (χ4n) is 1.69. The van der Waals surface area contributed by atoms with Gasteiger partial charge in [-0.15, -0.1) is 0 Å². The van der Waals surface area contributed by atoms with Gasteiger partial charge in [0.2, 0.25) is 0 Å². The van der Waals surface area contributed by atoms with Gasteiger partial charge in [-0.05, 0) is 30.3 Å². The summed E-state index contributed by atoms with van der Waals surface area (Å²) < 4.78 is 0. The summed E-state index contributed by atoms with van der Waals surface area (Å²) in [5.74, 6) is 0.558. The van der Waals surface area contributed by atoms with Crippen LogP contribution in [0.3, 0.4) is 0 Å². The summed E-state index contributed by atoms with van der Waals surface area (Å²) in [6.07, 6.45) is 3.40. The van der Waals surface area contributed by atoms with Gasteiger partial charge in [0.25, 0.3) is 0 Å². The minimum atomic E-state index is 0.390. The molecule has 0 aliphatic heterocycles. The van der Waals surface area contributed by atoms with Gasteiger partial charge >= 0.3 is 0 Å². The van der Waals surface area contributed by atoms with E-state index in [9.17, 15) is 0 Å². The van der Waals surface area contributed by atoms with E-state index in [-0.39, 0.29) is 0 Å². The van der Waals surface area contributed by atoms with Gasteiger partial charge in [-0.1, -0.05) is 23.2 Å². The van der Waals surface area contributed by atoms with Crippen molar-refractivity contribution in [2.75, 3.05) is 0 Å². The number of halogens is 2. The van der Waals surface area contributed by atoms with E-state index in [4.69, 9.17) is 23.2 Å². The number of nitrogens with zero attached hydrogens (tertiary/aromatic N) is 3. The zero-order valence-corrected chi connectivity index (χ0v) is 10.7. The van der Waals surface area contributed by atoms with E-state index in [1.165, 1.54) is 0 Å². The van der Waals surface area contributed by atoms with E-state index in [2.05, 4.69) is 15.0 Å². The fraction of sp³-hybridized carbons (Fsp3) is 0. The van der Waals surface area contributed by atoms with Crippen LogP contribution in [0.5, 0.6) is 0 Å². The predicted octanol–water partition coefficient (Wildman–Crippen LogP) is 4.00. The van der Waals surface area contributed by atoms with Crippen LogP contribution < -0.4 is 0 Å². The second kappa shape index (κ2) is 4.52. The van der Waals surface area contributed by atoms with Crippen molar-refractivity contribution >= 4 is 34.1 Å². The molecule has 2 aromatic heterocycles. The van der Waals surface area contributed by atoms with Crippen LogP contribution in [0, 0.1) is 0 Å². The molecule has 0 atom stereocenters. The number of fused-ring (bicyclic) bond motifs is 1. The Labute approximate surface area is 113 Å². The lowest BCUT2D eigenvalue weighted by atomic mass is 10.2. The van der Waals surface area contributed by atoms with Crippen LogP contribution in [0.4, 0.5) is 0 Å². The van der Waals surface area contributed by atoms with Gasteiger partial charge < -0.3 is 0 Å². The van der Waals surface area contributed by atoms with E-state index in [1.54, 1.807) is 24.5 Å². The third kappa shape index (κ3) is 2.03. The molecule has 3 rings (SSSR count). The third-order valence-electron chi connectivity index (χ3n) is 2.53. The van der Waals surface area contributed by atoms with E-state index in [0.717, 1.165) is 16.5 Å². The number of rotatable bonds is 1. The maximum atomic E-state index is 6.15. The molecule has 3 aromatic rings. The second-order valence-corrected chi connectivity index (χ2v) is 4.54. The molecule has 88 valence electrons. The molecule has 0 spiro atoms. The van der Waals surface area contributed by atoms with E-state index < -0.39 is 0 Å². The van der Waals surface area contributed by atoms with Gasteiger partial charge in [0.05, 0.1) is 5.52 Å². The first-order chi connectivity index (χ1) is 8.74. The van der Waals surface area contributed by atoms with Crippen molar-refractivity contribution in [3.8, 4) is 11.4 Å². The van der Waals surface area contributed by atoms with Gasteiger partial charge in [-0.25, -0.2) is 9.97 Å². The average Bonchev–Trinajstić information content (AvgIpc) is 2.40. The summed E-state index contributed by atoms with van der Waals surface area (Å²) >= 11 is 12.1. The highest BCUT2D eigenvalue weighted by Gasteiger charge is 2.08. The van der Waals surface area contributed by atoms with E-state index in [0.29, 0.717) is 16.0 Å². The monoisotopic (exact) mass is 275 g/mol. The maximum Gasteiger partial charge on any atom is 0.163 e. The lowest BCUT2D eigenvalue weighted by Gasteiger charge is -2.04. The highest BCUT2D eigenvalue weighted by atomic mass is 35.5. The molecule has 0 bridgehead atoms. The molecule has 2 heterocycles. The smallest absolute Gasteiger partial charge is 0.163 e. The SMILES string of the molecule is Clc1ccc2nc(-c3cccnc3)nc(Cl)c2c1. The van der Waals surface area contributed by atoms with Gasteiger partial charge in [0.15, 0.2) is 5.82 Å². The Kier molecular flexibility index (Phi) is 2.86. The molecule has 0 amide bonds. The zero-order chi connectivity index (χ0) is 12.5. The van der Waals surface area contributed by atoms with Gasteiger partial charge in [-0.3, -0.25) is 4.98 Å². The van der Waals surface area contributed by atoms with Crippen LogP contribution in [0.25, 0.3) is 22.3 Å². The Morgan fingerprint density at radius 3 is 2.67 bits per heavy atom. The largest absolute Gasteiger partial charge is 0.264 e. The Morgan fingerprint density at radius 2 is 1.89 bits per heavy atom. The van der Waals surface area contributed by atoms with Crippen LogP contribution in [-0.2, 0) is 0 Å². The normalized spacial score (nSPS) is 10.8. The minimum Gasteiger partial charge on any atom is -0.264 e. The first kappa shape index (κ1) is 11.4. The highest BCUT2D eigenvalue weighted by molar-refractivity contribution is 6.35. The molecule has 1 aromatic carbocycles. The van der Waals surface area contributed by atoms with Crippen molar-refractivity contribution < 1.29 is 0 Å². The lowest BCUT2D eigenvalue weighted by Crippen LogP contribution is -1.92. The molecule has 0 N–H and O–H groups in total. The molecular weight excluding hydrogens is 269 g/mol. The topological polar surface area (TPSA) is 38.7 Å². The van der Waals surface area contributed by atoms with Crippen molar-refractivity contribution in [3.05, 3.63) is 52.9 Å². The molecule has 0 saturated heterocycles. The number of hydrogen-bond donors (Lipinski definition) is 0. The molecule has 5 heteroatoms. The molecule has 0 aliphatic rings. The van der Waals surface area contributed by atoms with Crippen LogP contribution >= 0.6 is 23.2 Å². The highest BCUT2D eigenvalue weighted by Crippen LogP contribution is 2.26. The van der Waals surface area contributed by atoms with Crippen LogP contribution in [0.2, 0.25) is 10.2 Å². The number of benzene rings is 1. The second-order valence-electron chi connectivity index (χ2n) is 3.74. The van der Waals surface area contributed by atoms with Gasteiger partial charge in [-0.2, -0.15) is 0 Å². The van der Waals surface area contributed by atoms with Crippen molar-refractivity contribution in [2.24, 2.45) is 0 Å². The number of aromatic nitrogens is 3. The molecular formula is C13H7Cl2N3. The van der Waals surface area contributed by atoms with Crippen molar-refractivity contribution in [1.82, 2.24) is 15.0 Å². The maximum absolute atomic E-state index is 6.15. The van der Waals surface area contributed by atoms with Crippen LogP contribution in [-0.4, -0.2) is 15.0 Å². The standard InChI is InChI=1S/C13H7Cl2N3/c14-9-3-4-11-10(6-9)12(15)18-13(17-11)8-2-1-5-16-7-8/h1-7H. The quantitative estimate of drug-likeness (QED) is 0.630. The Morgan fingerprint density at radius 1 is 1.00 bits per heavy atom. The summed E-state index contributed by atoms with van der Waals surface area (Å²) in [7, 11) is 0. The van der Waals surface area contributed by atoms with Crippen molar-refractivity contribution in [3.63, 3.8) is 0 Å². The van der Waals surface area contributed by atoms with Crippen molar-refractivity contribution in [2.45, 2.75) is 0 Å². The third-order valence-corrected chi connectivity index (χ3v) is 3.05. The molecule has 0 radical (unpaired) electrons. The van der Waals surface area contributed by atoms with Crippen LogP contribution in [0.1, 0.15) is 0 Å².